The van der Waals surface area contributed by atoms with Crippen molar-refractivity contribution in [1.82, 2.24) is 0 Å². The number of ketones is 1. The molecule has 0 amide bonds. The number of Topliss-reactive ketones (excluding diaryl/α,β-unsaturated/α-hetero) is 1. The van der Waals surface area contributed by atoms with Crippen LogP contribution in [0.3, 0.4) is 0 Å². The molecule has 0 radical (unpaired) electrons. The molecular weight excluding hydrogens is 316 g/mol. The molecule has 0 heterocycles. The van der Waals surface area contributed by atoms with Crippen LogP contribution in [0.4, 0.5) is 0 Å². The summed E-state index contributed by atoms with van der Waals surface area (Å²) >= 11 is 0. The molecular formula is C17H22O7. The van der Waals surface area contributed by atoms with Crippen LogP contribution in [0.5, 0.6) is 0 Å². The number of carbonyl (C=O) groups is 3. The second kappa shape index (κ2) is 5.39. The van der Waals surface area contributed by atoms with E-state index in [-0.39, 0.29) is 30.8 Å². The van der Waals surface area contributed by atoms with Crippen LogP contribution in [0.2, 0.25) is 0 Å². The van der Waals surface area contributed by atoms with Crippen LogP contribution in [-0.2, 0) is 23.9 Å². The second-order valence-corrected chi connectivity index (χ2v) is 7.81. The first kappa shape index (κ1) is 17.1. The molecule has 4 saturated carbocycles. The largest absolute Gasteiger partial charge is 0.454 e. The van der Waals surface area contributed by atoms with E-state index in [4.69, 9.17) is 4.74 Å². The van der Waals surface area contributed by atoms with Gasteiger partial charge in [-0.1, -0.05) is 6.58 Å². The average molecular weight is 338 g/mol. The molecule has 7 heteroatoms. The van der Waals surface area contributed by atoms with Gasteiger partial charge in [0.2, 0.25) is 0 Å². The minimum absolute atomic E-state index is 0.0698. The van der Waals surface area contributed by atoms with Gasteiger partial charge in [-0.15, -0.1) is 0 Å². The summed E-state index contributed by atoms with van der Waals surface area (Å²) in [6.07, 6.45) is 2.42. The van der Waals surface area contributed by atoms with E-state index in [1.807, 2.05) is 0 Å². The zero-order chi connectivity index (χ0) is 17.8. The fourth-order valence-corrected chi connectivity index (χ4v) is 4.93. The van der Waals surface area contributed by atoms with E-state index in [9.17, 15) is 24.6 Å². The van der Waals surface area contributed by atoms with E-state index in [1.54, 1.807) is 0 Å². The van der Waals surface area contributed by atoms with Crippen LogP contribution < -0.4 is 0 Å². The van der Waals surface area contributed by atoms with E-state index in [2.05, 4.69) is 11.3 Å². The van der Waals surface area contributed by atoms with Crippen LogP contribution in [0.1, 0.15) is 45.4 Å². The van der Waals surface area contributed by atoms with E-state index >= 15 is 0 Å². The van der Waals surface area contributed by atoms with Crippen LogP contribution in [0, 0.1) is 5.92 Å². The summed E-state index contributed by atoms with van der Waals surface area (Å²) in [5.74, 6) is -2.76. The first-order chi connectivity index (χ1) is 11.0. The molecule has 2 unspecified atom stereocenters. The summed E-state index contributed by atoms with van der Waals surface area (Å²) in [6, 6.07) is 0. The van der Waals surface area contributed by atoms with Gasteiger partial charge in [0.1, 0.15) is 5.60 Å². The Kier molecular flexibility index (Phi) is 3.84. The summed E-state index contributed by atoms with van der Waals surface area (Å²) in [7, 11) is 0. The average Bonchev–Trinajstić information content (AvgIpc) is 2.39. The van der Waals surface area contributed by atoms with Crippen LogP contribution in [-0.4, -0.2) is 51.3 Å². The number of rotatable bonds is 5. The number of esters is 2. The van der Waals surface area contributed by atoms with Gasteiger partial charge in [0.05, 0.1) is 11.2 Å². The SMILES string of the molecule is C=C(C)C(=O)OCC(=O)C(=O)OC12CC3CC(O)(CC(O)(C3)C1)C2. The second-order valence-electron chi connectivity index (χ2n) is 7.81. The Balaban J connectivity index is 1.65. The monoisotopic (exact) mass is 338 g/mol. The van der Waals surface area contributed by atoms with Crippen LogP contribution in [0.15, 0.2) is 12.2 Å². The number of hydrogen-bond donors (Lipinski definition) is 2. The van der Waals surface area contributed by atoms with Crippen molar-refractivity contribution in [3.05, 3.63) is 12.2 Å². The summed E-state index contributed by atoms with van der Waals surface area (Å²) < 4.78 is 10.1. The Morgan fingerprint density at radius 3 is 2.12 bits per heavy atom. The van der Waals surface area contributed by atoms with Crippen LogP contribution in [0.25, 0.3) is 0 Å². The third-order valence-electron chi connectivity index (χ3n) is 5.18. The summed E-state index contributed by atoms with van der Waals surface area (Å²) in [5, 5.41) is 21.2. The zero-order valence-corrected chi connectivity index (χ0v) is 13.7. The molecule has 0 spiro atoms. The van der Waals surface area contributed by atoms with Gasteiger partial charge in [0, 0.05) is 24.8 Å². The smallest absolute Gasteiger partial charge is 0.378 e. The fraction of sp³-hybridized carbons (Fsp3) is 0.706. The molecule has 0 aromatic rings. The van der Waals surface area contributed by atoms with Crippen LogP contribution >= 0.6 is 0 Å². The lowest BCUT2D eigenvalue weighted by atomic mass is 9.50. The molecule has 132 valence electrons. The molecule has 4 rings (SSSR count). The predicted octanol–water partition coefficient (Wildman–Crippen LogP) is 0.417. The van der Waals surface area contributed by atoms with Gasteiger partial charge in [0.25, 0.3) is 5.78 Å². The van der Waals surface area contributed by atoms with Gasteiger partial charge in [-0.3, -0.25) is 4.79 Å². The highest BCUT2D eigenvalue weighted by Gasteiger charge is 2.64. The highest BCUT2D eigenvalue weighted by Crippen LogP contribution is 2.60. The first-order valence-corrected chi connectivity index (χ1v) is 8.07. The molecule has 0 aliphatic heterocycles. The van der Waals surface area contributed by atoms with Gasteiger partial charge in [-0.25, -0.2) is 9.59 Å². The lowest BCUT2D eigenvalue weighted by Crippen LogP contribution is -2.67. The molecule has 2 N–H and O–H groups in total. The van der Waals surface area contributed by atoms with Crippen molar-refractivity contribution in [1.29, 1.82) is 0 Å². The standard InChI is InChI=1S/C17H22O7/c1-10(2)13(19)23-6-12(18)14(20)24-17-5-11-3-15(21,8-17)7-16(22,4-11)9-17/h11,21-22H,1,3-9H2,2H3. The predicted molar refractivity (Wildman–Crippen MR) is 80.7 cm³/mol. The highest BCUT2D eigenvalue weighted by atomic mass is 16.6. The van der Waals surface area contributed by atoms with Gasteiger partial charge in [0.15, 0.2) is 6.61 Å². The van der Waals surface area contributed by atoms with Gasteiger partial charge < -0.3 is 19.7 Å². The fourth-order valence-electron chi connectivity index (χ4n) is 4.93. The van der Waals surface area contributed by atoms with Crippen molar-refractivity contribution in [3.63, 3.8) is 0 Å². The Hall–Kier alpha value is -1.73. The third kappa shape index (κ3) is 3.10. The molecule has 0 saturated heterocycles. The molecule has 4 aliphatic rings. The minimum Gasteiger partial charge on any atom is -0.454 e. The third-order valence-corrected chi connectivity index (χ3v) is 5.18. The van der Waals surface area contributed by atoms with E-state index < -0.39 is 41.1 Å². The maximum absolute atomic E-state index is 12.1. The van der Waals surface area contributed by atoms with Crippen molar-refractivity contribution in [2.45, 2.75) is 62.3 Å². The normalized spacial score (nSPS) is 39.4. The maximum Gasteiger partial charge on any atom is 0.378 e. The molecule has 0 aromatic heterocycles. The molecule has 0 aromatic carbocycles. The molecule has 4 fully saturated rings. The molecule has 24 heavy (non-hydrogen) atoms. The lowest BCUT2D eigenvalue weighted by Gasteiger charge is -2.62. The molecule has 7 nitrogen and oxygen atoms in total. The summed E-state index contributed by atoms with van der Waals surface area (Å²) in [4.78, 5) is 35.2. The Bertz CT molecular complexity index is 604. The number of hydrogen-bond acceptors (Lipinski definition) is 7. The molecule has 4 bridgehead atoms. The Morgan fingerprint density at radius 1 is 1.04 bits per heavy atom. The Morgan fingerprint density at radius 2 is 1.62 bits per heavy atom. The van der Waals surface area contributed by atoms with Gasteiger partial charge in [-0.2, -0.15) is 0 Å². The maximum atomic E-state index is 12.1. The first-order valence-electron chi connectivity index (χ1n) is 8.07. The number of aliphatic hydroxyl groups is 2. The number of carbonyl (C=O) groups excluding carboxylic acids is 3. The highest BCUT2D eigenvalue weighted by molar-refractivity contribution is 6.34. The minimum atomic E-state index is -1.10. The topological polar surface area (TPSA) is 110 Å². The zero-order valence-electron chi connectivity index (χ0n) is 13.7. The van der Waals surface area contributed by atoms with Crippen molar-refractivity contribution in [2.24, 2.45) is 5.92 Å². The van der Waals surface area contributed by atoms with E-state index in [0.717, 1.165) is 0 Å². The van der Waals surface area contributed by atoms with Crippen molar-refractivity contribution in [2.75, 3.05) is 6.61 Å². The van der Waals surface area contributed by atoms with Crippen molar-refractivity contribution in [3.8, 4) is 0 Å². The summed E-state index contributed by atoms with van der Waals surface area (Å²) in [5.41, 5.74) is -3.00. The molecule has 2 atom stereocenters. The van der Waals surface area contributed by atoms with Crippen molar-refractivity contribution < 1.29 is 34.1 Å². The quantitative estimate of drug-likeness (QED) is 0.424. The molecule has 4 aliphatic carbocycles. The van der Waals surface area contributed by atoms with Gasteiger partial charge in [-0.05, 0) is 32.1 Å². The van der Waals surface area contributed by atoms with E-state index in [0.29, 0.717) is 19.3 Å². The van der Waals surface area contributed by atoms with E-state index in [1.165, 1.54) is 6.92 Å². The Labute approximate surface area is 139 Å². The lowest BCUT2D eigenvalue weighted by molar-refractivity contribution is -0.260. The summed E-state index contributed by atoms with van der Waals surface area (Å²) in [6.45, 7) is 4.11. The van der Waals surface area contributed by atoms with Crippen molar-refractivity contribution >= 4 is 17.7 Å². The van der Waals surface area contributed by atoms with Gasteiger partial charge >= 0.3 is 11.9 Å². The number of ether oxygens (including phenoxy) is 2.